The Labute approximate surface area is 190 Å². The minimum Gasteiger partial charge on any atom is -0.383 e. The molecular formula is C24H27F4N3O2. The number of methoxy groups -OCH3 is 1. The summed E-state index contributed by atoms with van der Waals surface area (Å²) in [6.07, 6.45) is -4.19. The van der Waals surface area contributed by atoms with E-state index in [4.69, 9.17) is 4.74 Å². The molecule has 1 amide bonds. The van der Waals surface area contributed by atoms with Gasteiger partial charge >= 0.3 is 6.18 Å². The summed E-state index contributed by atoms with van der Waals surface area (Å²) in [5, 5.41) is 2.86. The van der Waals surface area contributed by atoms with Gasteiger partial charge in [0.05, 0.1) is 24.1 Å². The number of hydrogen-bond acceptors (Lipinski definition) is 4. The summed E-state index contributed by atoms with van der Waals surface area (Å²) in [7, 11) is 1.54. The summed E-state index contributed by atoms with van der Waals surface area (Å²) >= 11 is 0. The molecule has 1 saturated heterocycles. The van der Waals surface area contributed by atoms with Gasteiger partial charge in [-0.1, -0.05) is 12.1 Å². The Morgan fingerprint density at radius 3 is 2.61 bits per heavy atom. The molecule has 0 saturated carbocycles. The minimum absolute atomic E-state index is 0.175. The molecule has 2 aromatic carbocycles. The van der Waals surface area contributed by atoms with Crippen LogP contribution < -0.4 is 10.2 Å². The van der Waals surface area contributed by atoms with Crippen LogP contribution in [0.5, 0.6) is 0 Å². The van der Waals surface area contributed by atoms with Crippen molar-refractivity contribution in [3.63, 3.8) is 0 Å². The van der Waals surface area contributed by atoms with Gasteiger partial charge in [-0.15, -0.1) is 0 Å². The van der Waals surface area contributed by atoms with Crippen molar-refractivity contribution in [2.24, 2.45) is 5.92 Å². The molecule has 0 aromatic heterocycles. The third kappa shape index (κ3) is 5.30. The van der Waals surface area contributed by atoms with Gasteiger partial charge in [-0.2, -0.15) is 13.2 Å². The molecule has 5 nitrogen and oxygen atoms in total. The number of hydrogen-bond donors (Lipinski definition) is 1. The number of nitrogens with one attached hydrogen (secondary N) is 1. The number of carbonyl (C=O) groups excluding carboxylic acids is 1. The smallest absolute Gasteiger partial charge is 0.383 e. The van der Waals surface area contributed by atoms with Crippen molar-refractivity contribution < 1.29 is 27.1 Å². The van der Waals surface area contributed by atoms with Crippen molar-refractivity contribution in [3.05, 3.63) is 65.0 Å². The highest BCUT2D eigenvalue weighted by atomic mass is 19.4. The predicted molar refractivity (Wildman–Crippen MR) is 116 cm³/mol. The minimum atomic E-state index is -4.43. The molecule has 178 valence electrons. The van der Waals surface area contributed by atoms with Crippen molar-refractivity contribution in [1.29, 1.82) is 0 Å². The number of anilines is 1. The van der Waals surface area contributed by atoms with E-state index in [9.17, 15) is 22.4 Å². The van der Waals surface area contributed by atoms with Crippen molar-refractivity contribution >= 4 is 11.6 Å². The number of benzene rings is 2. The maximum atomic E-state index is 13.3. The number of nitrogens with zero attached hydrogens (tertiary/aromatic N) is 2. The average Bonchev–Trinajstić information content (AvgIpc) is 2.79. The summed E-state index contributed by atoms with van der Waals surface area (Å²) in [4.78, 5) is 17.3. The monoisotopic (exact) mass is 465 g/mol. The number of ether oxygens (including phenoxy) is 1. The van der Waals surface area contributed by atoms with Gasteiger partial charge in [-0.05, 0) is 47.9 Å². The van der Waals surface area contributed by atoms with Crippen LogP contribution in [0.1, 0.15) is 16.7 Å². The second-order valence-electron chi connectivity index (χ2n) is 8.56. The second-order valence-corrected chi connectivity index (χ2v) is 8.56. The Kier molecular flexibility index (Phi) is 6.90. The lowest BCUT2D eigenvalue weighted by atomic mass is 9.82. The van der Waals surface area contributed by atoms with E-state index in [-0.39, 0.29) is 24.2 Å². The van der Waals surface area contributed by atoms with Gasteiger partial charge in [0.1, 0.15) is 5.82 Å². The second kappa shape index (κ2) is 9.69. The van der Waals surface area contributed by atoms with Crippen LogP contribution in [0.25, 0.3) is 0 Å². The van der Waals surface area contributed by atoms with E-state index in [1.807, 2.05) is 0 Å². The molecule has 2 aromatic rings. The highest BCUT2D eigenvalue weighted by Gasteiger charge is 2.42. The molecule has 0 radical (unpaired) electrons. The fraction of sp³-hybridized carbons (Fsp3) is 0.458. The Balaban J connectivity index is 1.58. The van der Waals surface area contributed by atoms with Crippen LogP contribution in [-0.4, -0.2) is 56.7 Å². The molecule has 0 spiro atoms. The quantitative estimate of drug-likeness (QED) is 0.524. The number of amides is 1. The van der Waals surface area contributed by atoms with Gasteiger partial charge in [-0.3, -0.25) is 9.69 Å². The summed E-state index contributed by atoms with van der Waals surface area (Å²) < 4.78 is 58.2. The van der Waals surface area contributed by atoms with Crippen LogP contribution >= 0.6 is 0 Å². The molecule has 1 N–H and O–H groups in total. The lowest BCUT2D eigenvalue weighted by Crippen LogP contribution is -2.61. The van der Waals surface area contributed by atoms with Crippen LogP contribution in [0.4, 0.5) is 23.2 Å². The predicted octanol–water partition coefficient (Wildman–Crippen LogP) is 3.47. The molecule has 0 aliphatic carbocycles. The summed E-state index contributed by atoms with van der Waals surface area (Å²) in [5.74, 6) is -0.971. The summed E-state index contributed by atoms with van der Waals surface area (Å²) in [6.45, 7) is 3.17. The van der Waals surface area contributed by atoms with Crippen molar-refractivity contribution in [2.75, 3.05) is 44.8 Å². The van der Waals surface area contributed by atoms with E-state index in [2.05, 4.69) is 15.1 Å². The molecule has 1 fully saturated rings. The summed E-state index contributed by atoms with van der Waals surface area (Å²) in [6, 6.07) is 9.97. The van der Waals surface area contributed by atoms with Gasteiger partial charge in [0.25, 0.3) is 0 Å². The SMILES string of the molecule is COCCNC(=O)[C@H]1Cc2cc(C(F)(F)F)ccc2N2CCN(Cc3ccc(F)cc3)C[C@@H]12. The van der Waals surface area contributed by atoms with E-state index in [0.29, 0.717) is 44.9 Å². The molecule has 2 heterocycles. The Morgan fingerprint density at radius 1 is 1.15 bits per heavy atom. The number of alkyl halides is 3. The first-order valence-corrected chi connectivity index (χ1v) is 11.0. The maximum absolute atomic E-state index is 13.3. The number of rotatable bonds is 6. The van der Waals surface area contributed by atoms with E-state index in [0.717, 1.165) is 17.3 Å². The zero-order chi connectivity index (χ0) is 23.6. The zero-order valence-electron chi connectivity index (χ0n) is 18.4. The molecule has 2 aliphatic rings. The van der Waals surface area contributed by atoms with Gasteiger partial charge in [0.15, 0.2) is 0 Å². The molecule has 0 unspecified atom stereocenters. The van der Waals surface area contributed by atoms with Crippen LogP contribution in [-0.2, 0) is 28.7 Å². The first kappa shape index (κ1) is 23.5. The highest BCUT2D eigenvalue weighted by molar-refractivity contribution is 5.82. The largest absolute Gasteiger partial charge is 0.416 e. The fourth-order valence-corrected chi connectivity index (χ4v) is 4.76. The first-order valence-electron chi connectivity index (χ1n) is 11.0. The Hall–Kier alpha value is -2.65. The van der Waals surface area contributed by atoms with E-state index < -0.39 is 17.7 Å². The highest BCUT2D eigenvalue weighted by Crippen LogP contribution is 2.39. The molecule has 4 rings (SSSR count). The molecular weight excluding hydrogens is 438 g/mol. The molecule has 2 aliphatic heterocycles. The lowest BCUT2D eigenvalue weighted by molar-refractivity contribution is -0.137. The average molecular weight is 465 g/mol. The zero-order valence-corrected chi connectivity index (χ0v) is 18.4. The normalized spacial score (nSPS) is 20.8. The van der Waals surface area contributed by atoms with Crippen LogP contribution in [0.3, 0.4) is 0 Å². The lowest BCUT2D eigenvalue weighted by Gasteiger charge is -2.49. The number of piperazine rings is 1. The third-order valence-corrected chi connectivity index (χ3v) is 6.38. The van der Waals surface area contributed by atoms with Crippen molar-refractivity contribution in [1.82, 2.24) is 10.2 Å². The van der Waals surface area contributed by atoms with E-state index in [1.54, 1.807) is 12.1 Å². The molecule has 33 heavy (non-hydrogen) atoms. The van der Waals surface area contributed by atoms with Crippen LogP contribution in [0, 0.1) is 11.7 Å². The van der Waals surface area contributed by atoms with Crippen LogP contribution in [0.2, 0.25) is 0 Å². The van der Waals surface area contributed by atoms with E-state index >= 15 is 0 Å². The van der Waals surface area contributed by atoms with E-state index in [1.165, 1.54) is 31.4 Å². The molecule has 2 atom stereocenters. The Morgan fingerprint density at radius 2 is 1.91 bits per heavy atom. The van der Waals surface area contributed by atoms with Gasteiger partial charge in [0, 0.05) is 45.5 Å². The Bertz CT molecular complexity index is 981. The van der Waals surface area contributed by atoms with Crippen LogP contribution in [0.15, 0.2) is 42.5 Å². The topological polar surface area (TPSA) is 44.8 Å². The third-order valence-electron chi connectivity index (χ3n) is 6.38. The maximum Gasteiger partial charge on any atom is 0.416 e. The van der Waals surface area contributed by atoms with Crippen molar-refractivity contribution in [2.45, 2.75) is 25.2 Å². The molecule has 0 bridgehead atoms. The van der Waals surface area contributed by atoms with Gasteiger partial charge in [0.2, 0.25) is 5.91 Å². The fourth-order valence-electron chi connectivity index (χ4n) is 4.76. The van der Waals surface area contributed by atoms with Crippen molar-refractivity contribution in [3.8, 4) is 0 Å². The number of carbonyl (C=O) groups is 1. The first-order chi connectivity index (χ1) is 15.8. The van der Waals surface area contributed by atoms with Gasteiger partial charge < -0.3 is 15.0 Å². The number of fused-ring (bicyclic) bond motifs is 3. The van der Waals surface area contributed by atoms with Gasteiger partial charge in [-0.25, -0.2) is 4.39 Å². The summed E-state index contributed by atoms with van der Waals surface area (Å²) in [5.41, 5.74) is 1.57. The standard InChI is InChI=1S/C24H27F4N3O2/c1-33-11-8-29-23(32)20-13-17-12-18(24(26,27)28)4-7-21(17)31-10-9-30(15-22(20)31)14-16-2-5-19(25)6-3-16/h2-7,12,20,22H,8-11,13-15H2,1H3,(H,29,32)/t20-,22-/m0/s1. The number of halogens is 4. The molecule has 9 heteroatoms.